The molecule has 0 aliphatic heterocycles. The first-order chi connectivity index (χ1) is 6.50. The van der Waals surface area contributed by atoms with Crippen molar-refractivity contribution in [3.63, 3.8) is 0 Å². The lowest BCUT2D eigenvalue weighted by Gasteiger charge is -2.05. The van der Waals surface area contributed by atoms with Gasteiger partial charge in [-0.3, -0.25) is 0 Å². The van der Waals surface area contributed by atoms with Gasteiger partial charge >= 0.3 is 6.55 Å². The van der Waals surface area contributed by atoms with Gasteiger partial charge in [0.2, 0.25) is 0 Å². The lowest BCUT2D eigenvalue weighted by molar-refractivity contribution is 0.0545. The summed E-state index contributed by atoms with van der Waals surface area (Å²) in [6.45, 7) is 3.23. The number of hydrogen-bond donors (Lipinski definition) is 0. The molecule has 0 aromatic carbocycles. The molecule has 5 heteroatoms. The maximum Gasteiger partial charge on any atom is 0.333 e. The number of alkyl halides is 2. The normalized spacial score (nSPS) is 11.6. The van der Waals surface area contributed by atoms with Gasteiger partial charge in [-0.1, -0.05) is 0 Å². The fraction of sp³-hybridized carbons (Fsp3) is 0.667. The number of ether oxygens (including phenoxy) is 1. The first-order valence-electron chi connectivity index (χ1n) is 4.45. The van der Waals surface area contributed by atoms with Crippen LogP contribution < -0.4 is 0 Å². The van der Waals surface area contributed by atoms with E-state index in [-0.39, 0.29) is 6.10 Å². The van der Waals surface area contributed by atoms with E-state index in [4.69, 9.17) is 4.74 Å². The van der Waals surface area contributed by atoms with Gasteiger partial charge in [0.25, 0.3) is 0 Å². The van der Waals surface area contributed by atoms with Gasteiger partial charge < -0.3 is 4.74 Å². The molecule has 80 valence electrons. The third-order valence-corrected chi connectivity index (χ3v) is 1.79. The van der Waals surface area contributed by atoms with Crippen LogP contribution in [0.2, 0.25) is 0 Å². The molecule has 0 saturated heterocycles. The molecule has 0 amide bonds. The fourth-order valence-electron chi connectivity index (χ4n) is 1.02. The van der Waals surface area contributed by atoms with Crippen LogP contribution in [0.1, 0.15) is 31.7 Å². The zero-order valence-corrected chi connectivity index (χ0v) is 8.50. The van der Waals surface area contributed by atoms with E-state index in [0.717, 1.165) is 0 Å². The number of nitrogens with zero attached hydrogens (tertiary/aromatic N) is 2. The molecule has 0 saturated carbocycles. The minimum Gasteiger partial charge on any atom is -0.374 e. The van der Waals surface area contributed by atoms with Crippen LogP contribution in [0.25, 0.3) is 0 Å². The zero-order valence-electron chi connectivity index (χ0n) is 8.50. The minimum atomic E-state index is -2.58. The first-order valence-corrected chi connectivity index (χ1v) is 4.45. The van der Waals surface area contributed by atoms with E-state index in [2.05, 4.69) is 5.10 Å². The van der Waals surface area contributed by atoms with Crippen LogP contribution in [0.5, 0.6) is 0 Å². The average Bonchev–Trinajstić information content (AvgIpc) is 2.43. The Kier molecular flexibility index (Phi) is 3.57. The monoisotopic (exact) mass is 204 g/mol. The molecule has 0 fully saturated rings. The van der Waals surface area contributed by atoms with Crippen LogP contribution in [0.4, 0.5) is 8.78 Å². The van der Waals surface area contributed by atoms with E-state index < -0.39 is 6.55 Å². The molecule has 1 heterocycles. The summed E-state index contributed by atoms with van der Waals surface area (Å²) in [7, 11) is 0. The summed E-state index contributed by atoms with van der Waals surface area (Å²) in [5.74, 6) is 0. The van der Waals surface area contributed by atoms with E-state index >= 15 is 0 Å². The van der Waals surface area contributed by atoms with Crippen molar-refractivity contribution in [2.45, 2.75) is 40.0 Å². The lowest BCUT2D eigenvalue weighted by atomic mass is 10.3. The molecule has 1 aromatic rings. The highest BCUT2D eigenvalue weighted by molar-refractivity contribution is 5.14. The molecule has 14 heavy (non-hydrogen) atoms. The summed E-state index contributed by atoms with van der Waals surface area (Å²) >= 11 is 0. The summed E-state index contributed by atoms with van der Waals surface area (Å²) < 4.78 is 30.4. The molecule has 0 aliphatic rings. The Morgan fingerprint density at radius 3 is 2.57 bits per heavy atom. The Bertz CT molecular complexity index is 297. The number of rotatable bonds is 4. The highest BCUT2D eigenvalue weighted by Gasteiger charge is 2.11. The van der Waals surface area contributed by atoms with Crippen LogP contribution in [0.3, 0.4) is 0 Å². The highest BCUT2D eigenvalue weighted by Crippen LogP contribution is 2.14. The highest BCUT2D eigenvalue weighted by atomic mass is 19.3. The summed E-state index contributed by atoms with van der Waals surface area (Å²) in [6.07, 6.45) is 1.41. The van der Waals surface area contributed by atoms with Crippen LogP contribution >= 0.6 is 0 Å². The van der Waals surface area contributed by atoms with Crippen molar-refractivity contribution in [3.05, 3.63) is 17.5 Å². The Labute approximate surface area is 81.7 Å². The maximum atomic E-state index is 12.2. The number of aromatic nitrogens is 2. The average molecular weight is 204 g/mol. The number of halogens is 2. The molecule has 1 rings (SSSR count). The van der Waals surface area contributed by atoms with E-state index in [0.29, 0.717) is 22.5 Å². The predicted molar refractivity (Wildman–Crippen MR) is 48.1 cm³/mol. The van der Waals surface area contributed by atoms with Crippen molar-refractivity contribution in [2.24, 2.45) is 0 Å². The molecular weight excluding hydrogens is 190 g/mol. The standard InChI is InChI=1S/C9H14F2N2O/c1-6(2)14-5-8-4-13(9(10)11)12-7(8)3/h4,6,9H,5H2,1-3H3. The van der Waals surface area contributed by atoms with Gasteiger partial charge in [-0.25, -0.2) is 4.68 Å². The van der Waals surface area contributed by atoms with Crippen molar-refractivity contribution >= 4 is 0 Å². The van der Waals surface area contributed by atoms with Gasteiger partial charge in [-0.2, -0.15) is 13.9 Å². The quantitative estimate of drug-likeness (QED) is 0.753. The lowest BCUT2D eigenvalue weighted by Crippen LogP contribution is -2.02. The van der Waals surface area contributed by atoms with Gasteiger partial charge in [0.1, 0.15) is 0 Å². The zero-order chi connectivity index (χ0) is 10.7. The Hall–Kier alpha value is -0.970. The molecule has 1 aromatic heterocycles. The van der Waals surface area contributed by atoms with Gasteiger partial charge in [0, 0.05) is 11.8 Å². The van der Waals surface area contributed by atoms with E-state index in [9.17, 15) is 8.78 Å². The Morgan fingerprint density at radius 2 is 2.14 bits per heavy atom. The summed E-state index contributed by atoms with van der Waals surface area (Å²) in [5.41, 5.74) is 1.30. The molecule has 3 nitrogen and oxygen atoms in total. The van der Waals surface area contributed by atoms with Crippen LogP contribution in [-0.2, 0) is 11.3 Å². The molecule has 0 unspecified atom stereocenters. The Morgan fingerprint density at radius 1 is 1.50 bits per heavy atom. The van der Waals surface area contributed by atoms with Gasteiger partial charge in [0.15, 0.2) is 0 Å². The third kappa shape index (κ3) is 2.77. The van der Waals surface area contributed by atoms with Crippen molar-refractivity contribution in [2.75, 3.05) is 0 Å². The molecule has 0 N–H and O–H groups in total. The van der Waals surface area contributed by atoms with Crippen molar-refractivity contribution in [3.8, 4) is 0 Å². The molecule has 0 spiro atoms. The van der Waals surface area contributed by atoms with Crippen molar-refractivity contribution in [1.82, 2.24) is 9.78 Å². The maximum absolute atomic E-state index is 12.2. The van der Waals surface area contributed by atoms with Crippen LogP contribution in [0, 0.1) is 6.92 Å². The predicted octanol–water partition coefficient (Wildman–Crippen LogP) is 2.51. The second-order valence-corrected chi connectivity index (χ2v) is 3.36. The first kappa shape index (κ1) is 11.1. The van der Waals surface area contributed by atoms with Crippen molar-refractivity contribution in [1.29, 1.82) is 0 Å². The van der Waals surface area contributed by atoms with Gasteiger partial charge in [-0.15, -0.1) is 0 Å². The topological polar surface area (TPSA) is 27.1 Å². The smallest absolute Gasteiger partial charge is 0.333 e. The molecular formula is C9H14F2N2O. The van der Waals surface area contributed by atoms with Crippen molar-refractivity contribution < 1.29 is 13.5 Å². The third-order valence-electron chi connectivity index (χ3n) is 1.79. The second-order valence-electron chi connectivity index (χ2n) is 3.36. The fourth-order valence-corrected chi connectivity index (χ4v) is 1.02. The summed E-state index contributed by atoms with van der Waals surface area (Å²) in [4.78, 5) is 0. The largest absolute Gasteiger partial charge is 0.374 e. The molecule has 0 radical (unpaired) electrons. The summed E-state index contributed by atoms with van der Waals surface area (Å²) in [5, 5.41) is 3.67. The van der Waals surface area contributed by atoms with E-state index in [1.54, 1.807) is 6.92 Å². The van der Waals surface area contributed by atoms with Gasteiger partial charge in [0.05, 0.1) is 18.4 Å². The van der Waals surface area contributed by atoms with Gasteiger partial charge in [-0.05, 0) is 20.8 Å². The second kappa shape index (κ2) is 4.50. The molecule has 0 atom stereocenters. The van der Waals surface area contributed by atoms with Crippen LogP contribution in [0.15, 0.2) is 6.20 Å². The minimum absolute atomic E-state index is 0.0873. The van der Waals surface area contributed by atoms with E-state index in [1.165, 1.54) is 6.20 Å². The molecule has 0 aliphatic carbocycles. The molecule has 0 bridgehead atoms. The van der Waals surface area contributed by atoms with E-state index in [1.807, 2.05) is 13.8 Å². The SMILES string of the molecule is Cc1nn(C(F)F)cc1COC(C)C. The number of aryl methyl sites for hydroxylation is 1. The summed E-state index contributed by atoms with van der Waals surface area (Å²) in [6, 6.07) is 0. The van der Waals surface area contributed by atoms with Crippen LogP contribution in [-0.4, -0.2) is 15.9 Å². The number of hydrogen-bond acceptors (Lipinski definition) is 2. The Balaban J connectivity index is 2.67.